The van der Waals surface area contributed by atoms with E-state index in [-0.39, 0.29) is 5.69 Å². The van der Waals surface area contributed by atoms with E-state index in [4.69, 9.17) is 9.47 Å². The molecule has 0 spiro atoms. The summed E-state index contributed by atoms with van der Waals surface area (Å²) in [5.41, 5.74) is 0.0264. The highest BCUT2D eigenvalue weighted by Gasteiger charge is 2.25. The minimum atomic E-state index is -0.411. The van der Waals surface area contributed by atoms with Crippen LogP contribution in [0.2, 0.25) is 0 Å². The van der Waals surface area contributed by atoms with Crippen LogP contribution in [0.4, 0.5) is 5.69 Å². The summed E-state index contributed by atoms with van der Waals surface area (Å²) in [5.74, 6) is 0.348. The van der Waals surface area contributed by atoms with Crippen molar-refractivity contribution in [2.75, 3.05) is 26.2 Å². The summed E-state index contributed by atoms with van der Waals surface area (Å²) in [7, 11) is 0. The van der Waals surface area contributed by atoms with Gasteiger partial charge >= 0.3 is 5.69 Å². The lowest BCUT2D eigenvalue weighted by molar-refractivity contribution is -0.915. The Balaban J connectivity index is 1.76. The summed E-state index contributed by atoms with van der Waals surface area (Å²) in [6, 6.07) is 6.50. The van der Waals surface area contributed by atoms with Gasteiger partial charge in [0.1, 0.15) is 25.3 Å². The van der Waals surface area contributed by atoms with Crippen molar-refractivity contribution in [3.63, 3.8) is 0 Å². The fourth-order valence-electron chi connectivity index (χ4n) is 2.83. The third kappa shape index (κ3) is 4.68. The smallest absolute Gasteiger partial charge is 0.310 e. The number of nitrogens with one attached hydrogen (secondary N) is 1. The van der Waals surface area contributed by atoms with Gasteiger partial charge in [-0.2, -0.15) is 0 Å². The quantitative estimate of drug-likeness (QED) is 0.484. The highest BCUT2D eigenvalue weighted by atomic mass is 16.6. The van der Waals surface area contributed by atoms with Crippen molar-refractivity contribution in [1.82, 2.24) is 0 Å². The van der Waals surface area contributed by atoms with Crippen LogP contribution in [0.5, 0.6) is 5.75 Å². The average Bonchev–Trinajstić information content (AvgIpc) is 2.43. The number of nitro benzene ring substituents is 1. The molecule has 2 rings (SSSR count). The van der Waals surface area contributed by atoms with Crippen molar-refractivity contribution in [1.29, 1.82) is 0 Å². The van der Waals surface area contributed by atoms with Crippen LogP contribution in [0.1, 0.15) is 20.3 Å². The van der Waals surface area contributed by atoms with Crippen molar-refractivity contribution in [2.24, 2.45) is 0 Å². The number of hydrogen-bond donors (Lipinski definition) is 1. The largest absolute Gasteiger partial charge is 0.487 e. The van der Waals surface area contributed by atoms with E-state index in [0.29, 0.717) is 24.6 Å². The van der Waals surface area contributed by atoms with Crippen LogP contribution in [0.15, 0.2) is 24.3 Å². The Morgan fingerprint density at radius 2 is 2.00 bits per heavy atom. The number of nitro groups is 1. The zero-order chi connectivity index (χ0) is 15.2. The Labute approximate surface area is 124 Å². The second kappa shape index (κ2) is 7.38. The molecule has 0 amide bonds. The molecule has 0 aromatic heterocycles. The average molecular weight is 295 g/mol. The van der Waals surface area contributed by atoms with E-state index in [1.54, 1.807) is 18.2 Å². The molecule has 1 aliphatic heterocycles. The van der Waals surface area contributed by atoms with Gasteiger partial charge in [-0.05, 0) is 19.9 Å². The summed E-state index contributed by atoms with van der Waals surface area (Å²) in [5, 5.41) is 10.9. The van der Waals surface area contributed by atoms with E-state index in [1.807, 2.05) is 0 Å². The first-order chi connectivity index (χ1) is 10.1. The Bertz CT molecular complexity index is 470. The van der Waals surface area contributed by atoms with E-state index in [2.05, 4.69) is 13.8 Å². The number of hydrogen-bond acceptors (Lipinski definition) is 4. The van der Waals surface area contributed by atoms with Crippen LogP contribution in [-0.2, 0) is 4.74 Å². The van der Waals surface area contributed by atoms with Gasteiger partial charge < -0.3 is 14.4 Å². The summed E-state index contributed by atoms with van der Waals surface area (Å²) in [6.07, 6.45) is 1.46. The second-order valence-electron chi connectivity index (χ2n) is 5.59. The molecular weight excluding hydrogens is 272 g/mol. The highest BCUT2D eigenvalue weighted by molar-refractivity contribution is 5.45. The van der Waals surface area contributed by atoms with Crippen molar-refractivity contribution in [3.05, 3.63) is 34.4 Å². The molecule has 0 aliphatic carbocycles. The zero-order valence-corrected chi connectivity index (χ0v) is 12.6. The van der Waals surface area contributed by atoms with Gasteiger partial charge in [0.05, 0.1) is 18.1 Å². The molecule has 6 nitrogen and oxygen atoms in total. The normalized spacial score (nSPS) is 25.5. The third-order valence-corrected chi connectivity index (χ3v) is 3.61. The Morgan fingerprint density at radius 1 is 1.33 bits per heavy atom. The van der Waals surface area contributed by atoms with Crippen LogP contribution >= 0.6 is 0 Å². The number of benzene rings is 1. The lowest BCUT2D eigenvalue weighted by atomic mass is 10.2. The molecule has 1 N–H and O–H groups in total. The van der Waals surface area contributed by atoms with Crippen molar-refractivity contribution < 1.29 is 19.3 Å². The monoisotopic (exact) mass is 295 g/mol. The number of rotatable bonds is 6. The van der Waals surface area contributed by atoms with Crippen LogP contribution in [0.3, 0.4) is 0 Å². The predicted molar refractivity (Wildman–Crippen MR) is 78.8 cm³/mol. The molecule has 1 unspecified atom stereocenters. The Morgan fingerprint density at radius 3 is 2.67 bits per heavy atom. The third-order valence-electron chi connectivity index (χ3n) is 3.61. The van der Waals surface area contributed by atoms with Gasteiger partial charge in [0.2, 0.25) is 0 Å². The van der Waals surface area contributed by atoms with Gasteiger partial charge in [0.25, 0.3) is 0 Å². The van der Waals surface area contributed by atoms with Crippen molar-refractivity contribution in [2.45, 2.75) is 32.5 Å². The number of morpholine rings is 1. The fourth-order valence-corrected chi connectivity index (χ4v) is 2.83. The first kappa shape index (κ1) is 15.7. The van der Waals surface area contributed by atoms with Crippen LogP contribution in [-0.4, -0.2) is 43.4 Å². The van der Waals surface area contributed by atoms with E-state index in [0.717, 1.165) is 26.1 Å². The van der Waals surface area contributed by atoms with E-state index in [9.17, 15) is 10.1 Å². The summed E-state index contributed by atoms with van der Waals surface area (Å²) < 4.78 is 11.3. The summed E-state index contributed by atoms with van der Waals surface area (Å²) in [6.45, 7) is 7.71. The van der Waals surface area contributed by atoms with Gasteiger partial charge in [-0.15, -0.1) is 0 Å². The fraction of sp³-hybridized carbons (Fsp3) is 0.600. The lowest BCUT2D eigenvalue weighted by Gasteiger charge is -2.32. The van der Waals surface area contributed by atoms with Crippen LogP contribution < -0.4 is 9.64 Å². The van der Waals surface area contributed by atoms with Gasteiger partial charge in [-0.1, -0.05) is 12.1 Å². The molecule has 1 aliphatic rings. The molecule has 21 heavy (non-hydrogen) atoms. The molecule has 1 fully saturated rings. The molecule has 3 atom stereocenters. The molecule has 0 bridgehead atoms. The second-order valence-corrected chi connectivity index (χ2v) is 5.59. The minimum absolute atomic E-state index is 0.0264. The molecule has 1 aromatic rings. The minimum Gasteiger partial charge on any atom is -0.487 e. The standard InChI is InChI=1S/C15H22N2O4/c1-12-10-16(11-13(2)21-12)8-5-9-20-15-7-4-3-6-14(15)17(18)19/h3-4,6-7,12-13H,5,8-11H2,1-2H3/p+1/t12-,13+. The SMILES string of the molecule is C[C@@H]1C[NH+](CCCOc2ccccc2[N+](=O)[O-])C[C@H](C)O1. The maximum absolute atomic E-state index is 10.9. The summed E-state index contributed by atoms with van der Waals surface area (Å²) in [4.78, 5) is 12.0. The molecule has 1 saturated heterocycles. The number of ether oxygens (including phenoxy) is 2. The molecule has 6 heteroatoms. The van der Waals surface area contributed by atoms with Gasteiger partial charge in [0, 0.05) is 12.5 Å². The Kier molecular flexibility index (Phi) is 5.52. The molecule has 1 heterocycles. The lowest BCUT2D eigenvalue weighted by Crippen LogP contribution is -3.15. The predicted octanol–water partition coefficient (Wildman–Crippen LogP) is 1.06. The van der Waals surface area contributed by atoms with Gasteiger partial charge in [-0.25, -0.2) is 0 Å². The van der Waals surface area contributed by atoms with Gasteiger partial charge in [-0.3, -0.25) is 10.1 Å². The highest BCUT2D eigenvalue weighted by Crippen LogP contribution is 2.25. The topological polar surface area (TPSA) is 66.0 Å². The first-order valence-corrected chi connectivity index (χ1v) is 7.41. The number of nitrogens with zero attached hydrogens (tertiary/aromatic N) is 1. The summed E-state index contributed by atoms with van der Waals surface area (Å²) >= 11 is 0. The zero-order valence-electron chi connectivity index (χ0n) is 12.6. The maximum Gasteiger partial charge on any atom is 0.310 e. The van der Waals surface area contributed by atoms with Crippen molar-refractivity contribution in [3.8, 4) is 5.75 Å². The van der Waals surface area contributed by atoms with E-state index in [1.165, 1.54) is 11.0 Å². The number of quaternary nitrogens is 1. The molecular formula is C15H23N2O4+. The van der Waals surface area contributed by atoms with Gasteiger partial charge in [0.15, 0.2) is 5.75 Å². The van der Waals surface area contributed by atoms with E-state index >= 15 is 0 Å². The molecule has 116 valence electrons. The molecule has 0 radical (unpaired) electrons. The first-order valence-electron chi connectivity index (χ1n) is 7.41. The number of para-hydroxylation sites is 2. The Hall–Kier alpha value is -1.66. The maximum atomic E-state index is 10.9. The molecule has 0 saturated carbocycles. The molecule has 1 aromatic carbocycles. The van der Waals surface area contributed by atoms with Crippen LogP contribution in [0.25, 0.3) is 0 Å². The van der Waals surface area contributed by atoms with Crippen LogP contribution in [0, 0.1) is 10.1 Å². The van der Waals surface area contributed by atoms with E-state index < -0.39 is 4.92 Å². The van der Waals surface area contributed by atoms with Crippen molar-refractivity contribution >= 4 is 5.69 Å².